The lowest BCUT2D eigenvalue weighted by molar-refractivity contribution is -0.0449. The Morgan fingerprint density at radius 1 is 0.271 bits per heavy atom. The van der Waals surface area contributed by atoms with Gasteiger partial charge in [0.05, 0.1) is 13.2 Å². The molecule has 8 rings (SSSR count). The van der Waals surface area contributed by atoms with Crippen molar-refractivity contribution in [2.45, 2.75) is 465 Å². The number of nitrogens with zero attached hydrogens (tertiary/aromatic N) is 18. The van der Waals surface area contributed by atoms with E-state index in [1.807, 2.05) is 0 Å². The number of aliphatic hydroxyl groups excluding tert-OH is 2. The zero-order valence-electron chi connectivity index (χ0n) is 82.4. The van der Waals surface area contributed by atoms with Gasteiger partial charge in [0.15, 0.2) is 0 Å². The summed E-state index contributed by atoms with van der Waals surface area (Å²) in [5.41, 5.74) is -0.484. The van der Waals surface area contributed by atoms with E-state index in [2.05, 4.69) is 312 Å². The van der Waals surface area contributed by atoms with Crippen LogP contribution in [0.1, 0.15) is 362 Å². The molecule has 0 bridgehead atoms. The number of piperidine rings is 6. The molecule has 6 aliphatic heterocycles. The fourth-order valence-electron chi connectivity index (χ4n) is 24.4. The van der Waals surface area contributed by atoms with Crippen molar-refractivity contribution in [2.24, 2.45) is 0 Å². The molecule has 0 unspecified atom stereocenters. The maximum absolute atomic E-state index is 10.1. The number of unbranched alkanes of at least 4 members (excludes halogenated alkanes) is 6. The smallest absolute Gasteiger partial charge is 0.232 e. The zero-order valence-corrected chi connectivity index (χ0v) is 82.4. The number of likely N-dealkylation sites (tertiary alicyclic amines) is 6. The SMILES string of the molecule is C=CCN1C(C)(C)CC(N(CCCC)c2nc(N(CCCC)C3CC(C)(C)N(CC=C)C(C)(C)C3)nc(N(CCCC)C3CC(C)(C)N(CC=C)C(C)(C)C3)n2)CC1(C)C.CCCCN(c1nc(N(CCCC)C2CC(C)(C)N(CCO)C(C)(C)C2)nc(N(CCCC)C2CC(C)(C)N(CCO)C(C)(C)C2)n1)C1CC(C)(C)N(C)C(C)(C)C1. The number of hydrogen-bond acceptors (Lipinski definition) is 20. The van der Waals surface area contributed by atoms with E-state index in [9.17, 15) is 10.2 Å². The van der Waals surface area contributed by atoms with E-state index in [-0.39, 0.29) is 91.8 Å². The van der Waals surface area contributed by atoms with Crippen LogP contribution in [0, 0.1) is 0 Å². The van der Waals surface area contributed by atoms with Crippen molar-refractivity contribution in [3.05, 3.63) is 38.0 Å². The minimum atomic E-state index is -0.108. The highest BCUT2D eigenvalue weighted by Crippen LogP contribution is 2.49. The van der Waals surface area contributed by atoms with Crippen LogP contribution in [-0.2, 0) is 0 Å². The van der Waals surface area contributed by atoms with Crippen LogP contribution in [0.15, 0.2) is 38.0 Å². The molecule has 2 aromatic rings. The molecule has 0 aliphatic carbocycles. The van der Waals surface area contributed by atoms with Crippen LogP contribution in [0.4, 0.5) is 35.7 Å². The second-order valence-electron chi connectivity index (χ2n) is 44.9. The summed E-state index contributed by atoms with van der Waals surface area (Å²) in [6, 6.07) is 1.65. The van der Waals surface area contributed by atoms with Gasteiger partial charge in [-0.15, -0.1) is 19.7 Å². The normalized spacial score (nSPS) is 23.6. The van der Waals surface area contributed by atoms with E-state index in [1.165, 1.54) is 0 Å². The molecule has 0 radical (unpaired) electrons. The van der Waals surface area contributed by atoms with Gasteiger partial charge in [-0.25, -0.2) is 0 Å². The van der Waals surface area contributed by atoms with Gasteiger partial charge in [-0.05, 0) is 289 Å². The summed E-state index contributed by atoms with van der Waals surface area (Å²) in [7, 11) is 2.30. The van der Waals surface area contributed by atoms with E-state index >= 15 is 0 Å². The Labute approximate surface area is 725 Å². The third kappa shape index (κ3) is 24.0. The number of rotatable bonds is 40. The summed E-state index contributed by atoms with van der Waals surface area (Å²) in [5.74, 6) is 5.09. The molecule has 8 heterocycles. The summed E-state index contributed by atoms with van der Waals surface area (Å²) in [6.07, 6.45) is 31.6. The molecule has 0 saturated carbocycles. The minimum Gasteiger partial charge on any atom is -0.395 e. The van der Waals surface area contributed by atoms with E-state index in [0.717, 1.165) is 249 Å². The standard InChI is InChI=1S/C51H93N9.C47H91N9O2/c1-19-25-31-55(40-34-46(7,8)58(28-22-4)47(9,10)35-40)43-52-44(56(32-26-20-2)41-36-48(11,12)59(29-23-5)49(13,14)37-41)54-45(53-43)57(33-27-21-3)42-38-50(15,16)60(30-24-6)51(17,18)39-42;1-17-20-23-52(36-30-42(4,5)51(16)43(6,7)31-36)39-48-40(53(24-21-18-2)37-32-44(8,9)55(26-28-57)45(10,11)33-37)50-41(49-39)54(25-22-19-3)38-34-46(12,13)56(27-29-58)47(14,15)35-38/h22-24,40-42H,4-6,19-21,25-39H2,1-3,7-18H3;36-38,57-58H,17-35H2,1-16H3. The van der Waals surface area contributed by atoms with Crippen LogP contribution in [0.25, 0.3) is 0 Å². The molecule has 6 fully saturated rings. The Hall–Kier alpha value is -4.28. The first kappa shape index (κ1) is 101. The first-order chi connectivity index (χ1) is 54.9. The van der Waals surface area contributed by atoms with Gasteiger partial charge in [0, 0.05) is 175 Å². The number of anilines is 6. The molecule has 6 aliphatic rings. The van der Waals surface area contributed by atoms with Crippen molar-refractivity contribution in [2.75, 3.05) is 122 Å². The minimum absolute atomic E-state index is 0.0166. The topological polar surface area (TPSA) is 157 Å². The second-order valence-corrected chi connectivity index (χ2v) is 44.9. The molecular formula is C98H184N18O2. The molecule has 0 aromatic carbocycles. The highest BCUT2D eigenvalue weighted by molar-refractivity contribution is 5.52. The van der Waals surface area contributed by atoms with E-state index in [4.69, 9.17) is 29.9 Å². The molecule has 2 N–H and O–H groups in total. The molecule has 0 amide bonds. The van der Waals surface area contributed by atoms with Crippen LogP contribution < -0.4 is 29.4 Å². The van der Waals surface area contributed by atoms with Gasteiger partial charge in [0.2, 0.25) is 35.7 Å². The summed E-state index contributed by atoms with van der Waals surface area (Å²) in [6.45, 7) is 93.7. The third-order valence-corrected chi connectivity index (χ3v) is 29.4. The van der Waals surface area contributed by atoms with Gasteiger partial charge in [0.1, 0.15) is 0 Å². The summed E-state index contributed by atoms with van der Waals surface area (Å²) in [5, 5.41) is 20.3. The predicted molar refractivity (Wildman–Crippen MR) is 506 cm³/mol. The Kier molecular flexibility index (Phi) is 34.8. The second kappa shape index (κ2) is 40.8. The van der Waals surface area contributed by atoms with Crippen LogP contribution >= 0.6 is 0 Å². The predicted octanol–water partition coefficient (Wildman–Crippen LogP) is 19.7. The van der Waals surface area contributed by atoms with Gasteiger partial charge < -0.3 is 39.6 Å². The van der Waals surface area contributed by atoms with E-state index in [1.54, 1.807) is 0 Å². The molecular weight excluding hydrogens is 1460 g/mol. The van der Waals surface area contributed by atoms with Crippen LogP contribution in [0.2, 0.25) is 0 Å². The Balaban J connectivity index is 0.000000326. The van der Waals surface area contributed by atoms with Gasteiger partial charge >= 0.3 is 0 Å². The molecule has 678 valence electrons. The first-order valence-electron chi connectivity index (χ1n) is 47.6. The van der Waals surface area contributed by atoms with Crippen LogP contribution in [0.3, 0.4) is 0 Å². The number of aromatic nitrogens is 6. The van der Waals surface area contributed by atoms with Crippen molar-refractivity contribution in [1.82, 2.24) is 59.3 Å². The van der Waals surface area contributed by atoms with E-state index < -0.39 is 0 Å². The Bertz CT molecular complexity index is 3070. The summed E-state index contributed by atoms with van der Waals surface area (Å²) in [4.78, 5) is 65.4. The molecule has 20 nitrogen and oxygen atoms in total. The van der Waals surface area contributed by atoms with Crippen molar-refractivity contribution >= 4 is 35.7 Å². The van der Waals surface area contributed by atoms with Gasteiger partial charge in [-0.2, -0.15) is 29.9 Å². The van der Waals surface area contributed by atoms with Crippen LogP contribution in [-0.4, -0.2) is 264 Å². The van der Waals surface area contributed by atoms with Crippen molar-refractivity contribution < 1.29 is 10.2 Å². The highest BCUT2D eigenvalue weighted by Gasteiger charge is 2.54. The summed E-state index contributed by atoms with van der Waals surface area (Å²) < 4.78 is 0. The van der Waals surface area contributed by atoms with E-state index in [0.29, 0.717) is 37.3 Å². The zero-order chi connectivity index (χ0) is 88.4. The lowest BCUT2D eigenvalue weighted by Crippen LogP contribution is -2.65. The molecule has 0 spiro atoms. The molecule has 118 heavy (non-hydrogen) atoms. The van der Waals surface area contributed by atoms with Crippen molar-refractivity contribution in [3.8, 4) is 0 Å². The maximum Gasteiger partial charge on any atom is 0.232 e. The fourth-order valence-corrected chi connectivity index (χ4v) is 24.4. The first-order valence-corrected chi connectivity index (χ1v) is 47.6. The molecule has 20 heteroatoms. The molecule has 2 aromatic heterocycles. The van der Waals surface area contributed by atoms with Crippen molar-refractivity contribution in [1.29, 1.82) is 0 Å². The number of hydrogen-bond donors (Lipinski definition) is 2. The number of β-amino-alcohol motifs (C(OH)–C–C–N with tert-alkyl or cyclic N) is 2. The van der Waals surface area contributed by atoms with Gasteiger partial charge in [-0.1, -0.05) is 98.3 Å². The van der Waals surface area contributed by atoms with Gasteiger partial charge in [0.25, 0.3) is 0 Å². The lowest BCUT2D eigenvalue weighted by atomic mass is 9.76. The molecule has 6 saturated heterocycles. The van der Waals surface area contributed by atoms with Crippen molar-refractivity contribution in [3.63, 3.8) is 0 Å². The average Bonchev–Trinajstić information content (AvgIpc) is 0.750. The largest absolute Gasteiger partial charge is 0.395 e. The van der Waals surface area contributed by atoms with Crippen LogP contribution in [0.5, 0.6) is 0 Å². The summed E-state index contributed by atoms with van der Waals surface area (Å²) >= 11 is 0. The Morgan fingerprint density at radius 3 is 0.551 bits per heavy atom. The highest BCUT2D eigenvalue weighted by atomic mass is 16.3. The average molecular weight is 1650 g/mol. The lowest BCUT2D eigenvalue weighted by Gasteiger charge is -2.57. The van der Waals surface area contributed by atoms with Gasteiger partial charge in [-0.3, -0.25) is 29.4 Å². The number of aliphatic hydroxyl groups is 2. The quantitative estimate of drug-likeness (QED) is 0.0607. The molecule has 0 atom stereocenters. The Morgan fingerprint density at radius 2 is 0.415 bits per heavy atom. The monoisotopic (exact) mass is 1650 g/mol. The maximum atomic E-state index is 10.1. The third-order valence-electron chi connectivity index (χ3n) is 29.4. The fraction of sp³-hybridized carbons (Fsp3) is 0.878.